The van der Waals surface area contributed by atoms with E-state index in [0.717, 1.165) is 0 Å². The Labute approximate surface area is 116 Å². The molecule has 0 bridgehead atoms. The van der Waals surface area contributed by atoms with Crippen molar-refractivity contribution in [2.75, 3.05) is 16.8 Å². The van der Waals surface area contributed by atoms with Crippen LogP contribution in [0.25, 0.3) is 0 Å². The maximum absolute atomic E-state index is 13.1. The van der Waals surface area contributed by atoms with Crippen LogP contribution in [0.4, 0.5) is 27.4 Å². The van der Waals surface area contributed by atoms with Gasteiger partial charge in [-0.05, 0) is 40.2 Å². The molecule has 0 aliphatic carbocycles. The van der Waals surface area contributed by atoms with Crippen molar-refractivity contribution in [2.24, 2.45) is 0 Å². The predicted octanol–water partition coefficient (Wildman–Crippen LogP) is 3.54. The third-order valence-corrected chi connectivity index (χ3v) is 3.14. The van der Waals surface area contributed by atoms with Crippen LogP contribution in [-0.4, -0.2) is 4.98 Å². The Morgan fingerprint density at radius 3 is 2.61 bits per heavy atom. The Kier molecular flexibility index (Phi) is 3.58. The average molecular weight is 332 g/mol. The summed E-state index contributed by atoms with van der Waals surface area (Å²) in [6.45, 7) is 0. The van der Waals surface area contributed by atoms with E-state index in [1.54, 1.807) is 12.1 Å². The highest BCUT2D eigenvalue weighted by Crippen LogP contribution is 2.34. The highest BCUT2D eigenvalue weighted by atomic mass is 79.9. The summed E-state index contributed by atoms with van der Waals surface area (Å²) in [5, 5.41) is 3.18. The molecule has 5 N–H and O–H groups in total. The first-order valence-corrected chi connectivity index (χ1v) is 6.08. The van der Waals surface area contributed by atoms with Crippen LogP contribution in [0.5, 0.6) is 0 Å². The number of hydrogen-bond donors (Lipinski definition) is 3. The molecule has 0 saturated heterocycles. The van der Waals surface area contributed by atoms with Crippen molar-refractivity contribution in [3.63, 3.8) is 0 Å². The van der Waals surface area contributed by atoms with Crippen LogP contribution in [0.3, 0.4) is 0 Å². The van der Waals surface area contributed by atoms with Gasteiger partial charge in [0, 0.05) is 4.47 Å². The number of nitrogen functional groups attached to an aromatic ring is 2. The Hall–Kier alpha value is -1.53. The highest BCUT2D eigenvalue weighted by molar-refractivity contribution is 9.10. The summed E-state index contributed by atoms with van der Waals surface area (Å²) in [6, 6.07) is 5.78. The van der Waals surface area contributed by atoms with Gasteiger partial charge in [0.25, 0.3) is 0 Å². The van der Waals surface area contributed by atoms with Gasteiger partial charge >= 0.3 is 0 Å². The molecule has 0 unspecified atom stereocenters. The Morgan fingerprint density at radius 2 is 2.00 bits per heavy atom. The summed E-state index contributed by atoms with van der Waals surface area (Å²) < 4.78 is 13.6. The molecule has 0 amide bonds. The van der Waals surface area contributed by atoms with E-state index in [-0.39, 0.29) is 10.8 Å². The van der Waals surface area contributed by atoms with Gasteiger partial charge in [0.1, 0.15) is 17.5 Å². The van der Waals surface area contributed by atoms with Gasteiger partial charge in [-0.2, -0.15) is 0 Å². The molecule has 1 heterocycles. The summed E-state index contributed by atoms with van der Waals surface area (Å²) in [7, 11) is 0. The average Bonchev–Trinajstić information content (AvgIpc) is 2.28. The maximum atomic E-state index is 13.1. The first-order chi connectivity index (χ1) is 8.47. The Bertz CT molecular complexity index is 583. The predicted molar refractivity (Wildman–Crippen MR) is 75.5 cm³/mol. The minimum absolute atomic E-state index is 0.217. The van der Waals surface area contributed by atoms with E-state index in [1.807, 2.05) is 0 Å². The summed E-state index contributed by atoms with van der Waals surface area (Å²) >= 11 is 9.16. The fourth-order valence-corrected chi connectivity index (χ4v) is 2.24. The van der Waals surface area contributed by atoms with Gasteiger partial charge in [0.05, 0.1) is 16.4 Å². The third-order valence-electron chi connectivity index (χ3n) is 2.22. The van der Waals surface area contributed by atoms with Gasteiger partial charge in [-0.3, -0.25) is 0 Å². The molecule has 94 valence electrons. The molecule has 4 nitrogen and oxygen atoms in total. The highest BCUT2D eigenvalue weighted by Gasteiger charge is 2.09. The molecule has 2 rings (SSSR count). The van der Waals surface area contributed by atoms with E-state index in [2.05, 4.69) is 26.2 Å². The van der Waals surface area contributed by atoms with E-state index in [0.29, 0.717) is 21.7 Å². The molecule has 0 saturated carbocycles. The van der Waals surface area contributed by atoms with E-state index >= 15 is 0 Å². The van der Waals surface area contributed by atoms with Crippen molar-refractivity contribution in [3.8, 4) is 0 Å². The Morgan fingerprint density at radius 1 is 1.28 bits per heavy atom. The number of aromatic nitrogens is 1. The lowest BCUT2D eigenvalue weighted by Crippen LogP contribution is -2.01. The van der Waals surface area contributed by atoms with Gasteiger partial charge in [0.2, 0.25) is 0 Å². The van der Waals surface area contributed by atoms with Crippen LogP contribution >= 0.6 is 27.5 Å². The second-order valence-electron chi connectivity index (χ2n) is 3.54. The molecule has 0 radical (unpaired) electrons. The standard InChI is InChI=1S/C11H9BrClFN4/c12-6-3-5(14)4-7(13)10(6)17-9-2-1-8(15)11(16)18-9/h1-4H,15H2,(H3,16,17,18). The fraction of sp³-hybridized carbons (Fsp3) is 0. The van der Waals surface area contributed by atoms with Crippen LogP contribution < -0.4 is 16.8 Å². The topological polar surface area (TPSA) is 77.0 Å². The van der Waals surface area contributed by atoms with Gasteiger partial charge < -0.3 is 16.8 Å². The molecule has 2 aromatic rings. The van der Waals surface area contributed by atoms with Gasteiger partial charge in [-0.15, -0.1) is 0 Å². The number of nitrogens with one attached hydrogen (secondary N) is 1. The minimum Gasteiger partial charge on any atom is -0.396 e. The maximum Gasteiger partial charge on any atom is 0.149 e. The van der Waals surface area contributed by atoms with Crippen LogP contribution in [0.1, 0.15) is 0 Å². The molecule has 1 aromatic carbocycles. The molecule has 7 heteroatoms. The normalized spacial score (nSPS) is 10.4. The number of anilines is 4. The summed E-state index contributed by atoms with van der Waals surface area (Å²) in [6.07, 6.45) is 0. The SMILES string of the molecule is Nc1ccc(Nc2c(Cl)cc(F)cc2Br)nc1N. The van der Waals surface area contributed by atoms with Crippen molar-refractivity contribution in [1.29, 1.82) is 0 Å². The first kappa shape index (κ1) is 12.9. The van der Waals surface area contributed by atoms with Crippen molar-refractivity contribution in [1.82, 2.24) is 4.98 Å². The Balaban J connectivity index is 2.37. The van der Waals surface area contributed by atoms with Crippen molar-refractivity contribution >= 4 is 50.5 Å². The molecular formula is C11H9BrClFN4. The molecule has 1 aromatic heterocycles. The van der Waals surface area contributed by atoms with Crippen molar-refractivity contribution < 1.29 is 4.39 Å². The second kappa shape index (κ2) is 4.99. The van der Waals surface area contributed by atoms with Gasteiger partial charge in [-0.25, -0.2) is 9.37 Å². The first-order valence-electron chi connectivity index (χ1n) is 4.91. The lowest BCUT2D eigenvalue weighted by atomic mass is 10.3. The molecule has 0 fully saturated rings. The summed E-state index contributed by atoms with van der Waals surface area (Å²) in [5.74, 6) is 0.257. The number of benzene rings is 1. The van der Waals surface area contributed by atoms with Crippen LogP contribution in [0.2, 0.25) is 5.02 Å². The molecule has 0 aliphatic heterocycles. The molecule has 18 heavy (non-hydrogen) atoms. The van der Waals surface area contributed by atoms with Crippen LogP contribution in [0, 0.1) is 5.82 Å². The fourth-order valence-electron chi connectivity index (χ4n) is 1.34. The van der Waals surface area contributed by atoms with E-state index in [1.165, 1.54) is 12.1 Å². The quantitative estimate of drug-likeness (QED) is 0.786. The zero-order chi connectivity index (χ0) is 13.3. The van der Waals surface area contributed by atoms with E-state index in [9.17, 15) is 4.39 Å². The zero-order valence-electron chi connectivity index (χ0n) is 9.05. The number of pyridine rings is 1. The summed E-state index contributed by atoms with van der Waals surface area (Å²) in [5.41, 5.74) is 12.1. The van der Waals surface area contributed by atoms with E-state index in [4.69, 9.17) is 23.1 Å². The monoisotopic (exact) mass is 330 g/mol. The zero-order valence-corrected chi connectivity index (χ0v) is 11.4. The number of nitrogens with two attached hydrogens (primary N) is 2. The third kappa shape index (κ3) is 2.65. The largest absolute Gasteiger partial charge is 0.396 e. The lowest BCUT2D eigenvalue weighted by Gasteiger charge is -2.11. The van der Waals surface area contributed by atoms with Gasteiger partial charge in [0.15, 0.2) is 0 Å². The number of hydrogen-bond acceptors (Lipinski definition) is 4. The van der Waals surface area contributed by atoms with Crippen LogP contribution in [0.15, 0.2) is 28.7 Å². The lowest BCUT2D eigenvalue weighted by molar-refractivity contribution is 0.627. The molecule has 0 spiro atoms. The summed E-state index contributed by atoms with van der Waals surface area (Å²) in [4.78, 5) is 4.04. The van der Waals surface area contributed by atoms with Crippen LogP contribution in [-0.2, 0) is 0 Å². The molecule has 0 atom stereocenters. The molecule has 0 aliphatic rings. The smallest absolute Gasteiger partial charge is 0.149 e. The van der Waals surface area contributed by atoms with Crippen molar-refractivity contribution in [3.05, 3.63) is 39.6 Å². The number of rotatable bonds is 2. The second-order valence-corrected chi connectivity index (χ2v) is 4.80. The van der Waals surface area contributed by atoms with Gasteiger partial charge in [-0.1, -0.05) is 11.6 Å². The van der Waals surface area contributed by atoms with E-state index < -0.39 is 5.82 Å². The number of halogens is 3. The molecular weight excluding hydrogens is 323 g/mol. The minimum atomic E-state index is -0.429. The number of nitrogens with zero attached hydrogens (tertiary/aromatic N) is 1. The van der Waals surface area contributed by atoms with Crippen molar-refractivity contribution in [2.45, 2.75) is 0 Å².